The van der Waals surface area contributed by atoms with Gasteiger partial charge in [0.25, 0.3) is 0 Å². The molecule has 0 aliphatic carbocycles. The fraction of sp³-hybridized carbons (Fsp3) is 0.0714. The zero-order valence-electron chi connectivity index (χ0n) is 10.2. The molecule has 0 aliphatic heterocycles. The van der Waals surface area contributed by atoms with Crippen LogP contribution in [0.5, 0.6) is 0 Å². The van der Waals surface area contributed by atoms with Crippen LogP contribution in [0.15, 0.2) is 53.4 Å². The van der Waals surface area contributed by atoms with E-state index >= 15 is 0 Å². The molecular weight excluding hydrogens is 260 g/mol. The molecule has 0 saturated carbocycles. The number of nitrogen functional groups attached to an aromatic ring is 1. The third-order valence-electron chi connectivity index (χ3n) is 2.66. The summed E-state index contributed by atoms with van der Waals surface area (Å²) in [6.45, 7) is 0. The van der Waals surface area contributed by atoms with Crippen LogP contribution in [-0.2, 0) is 16.6 Å². The molecule has 2 rings (SSSR count). The first kappa shape index (κ1) is 13.3. The maximum atomic E-state index is 12.1. The molecule has 1 amide bonds. The van der Waals surface area contributed by atoms with E-state index in [1.165, 1.54) is 0 Å². The lowest BCUT2D eigenvalue weighted by Crippen LogP contribution is -2.10. The number of carbonyl (C=O) groups is 1. The molecule has 4 N–H and O–H groups in total. The lowest BCUT2D eigenvalue weighted by Gasteiger charge is -2.04. The van der Waals surface area contributed by atoms with Crippen LogP contribution in [0, 0.1) is 0 Å². The third kappa shape index (κ3) is 3.42. The van der Waals surface area contributed by atoms with Crippen LogP contribution in [0.1, 0.15) is 15.9 Å². The van der Waals surface area contributed by atoms with Crippen molar-refractivity contribution in [3.05, 3.63) is 59.7 Å². The second kappa shape index (κ2) is 5.67. The molecule has 0 bridgehead atoms. The van der Waals surface area contributed by atoms with Gasteiger partial charge in [-0.15, -0.1) is 0 Å². The summed E-state index contributed by atoms with van der Waals surface area (Å²) >= 11 is 0. The number of amides is 1. The number of carbonyl (C=O) groups excluding carboxylic acids is 1. The molecule has 0 saturated heterocycles. The van der Waals surface area contributed by atoms with Crippen molar-refractivity contribution in [1.29, 1.82) is 0 Å². The van der Waals surface area contributed by atoms with E-state index in [1.807, 2.05) is 0 Å². The van der Waals surface area contributed by atoms with Crippen molar-refractivity contribution in [2.24, 2.45) is 5.73 Å². The molecule has 5 heteroatoms. The van der Waals surface area contributed by atoms with Crippen LogP contribution in [0.25, 0.3) is 0 Å². The molecule has 1 atom stereocenters. The number of primary amides is 1. The fourth-order valence-corrected chi connectivity index (χ4v) is 2.82. The molecule has 2 aromatic rings. The molecule has 2 aromatic carbocycles. The lowest BCUT2D eigenvalue weighted by atomic mass is 10.1. The summed E-state index contributed by atoms with van der Waals surface area (Å²) in [5.41, 5.74) is 12.7. The number of hydrogen-bond acceptors (Lipinski definition) is 3. The Bertz CT molecular complexity index is 624. The van der Waals surface area contributed by atoms with Gasteiger partial charge in [-0.1, -0.05) is 18.2 Å². The third-order valence-corrected chi connectivity index (χ3v) is 4.03. The minimum absolute atomic E-state index is 0.377. The number of rotatable bonds is 4. The van der Waals surface area contributed by atoms with E-state index in [0.29, 0.717) is 21.9 Å². The van der Waals surface area contributed by atoms with Gasteiger partial charge in [0.2, 0.25) is 5.91 Å². The molecule has 0 heterocycles. The first-order valence-electron chi connectivity index (χ1n) is 5.69. The maximum absolute atomic E-state index is 12.1. The number of nitrogens with two attached hydrogens (primary N) is 2. The molecule has 0 spiro atoms. The minimum Gasteiger partial charge on any atom is -0.399 e. The topological polar surface area (TPSA) is 86.2 Å². The van der Waals surface area contributed by atoms with Gasteiger partial charge in [0.1, 0.15) is 0 Å². The highest BCUT2D eigenvalue weighted by Gasteiger charge is 2.06. The van der Waals surface area contributed by atoms with Crippen molar-refractivity contribution in [2.45, 2.75) is 10.6 Å². The van der Waals surface area contributed by atoms with E-state index in [0.717, 1.165) is 5.56 Å². The predicted molar refractivity (Wildman–Crippen MR) is 75.9 cm³/mol. The summed E-state index contributed by atoms with van der Waals surface area (Å²) < 4.78 is 12.1. The first-order chi connectivity index (χ1) is 9.06. The van der Waals surface area contributed by atoms with Gasteiger partial charge >= 0.3 is 0 Å². The predicted octanol–water partition coefficient (Wildman–Crippen LogP) is 1.68. The Morgan fingerprint density at radius 3 is 2.37 bits per heavy atom. The summed E-state index contributed by atoms with van der Waals surface area (Å²) in [6.07, 6.45) is 0. The van der Waals surface area contributed by atoms with Gasteiger partial charge in [0.05, 0.1) is 16.6 Å². The molecule has 0 radical (unpaired) electrons. The summed E-state index contributed by atoms with van der Waals surface area (Å²) in [6, 6.07) is 13.8. The van der Waals surface area contributed by atoms with Gasteiger partial charge in [-0.2, -0.15) is 0 Å². The van der Waals surface area contributed by atoms with Crippen molar-refractivity contribution < 1.29 is 9.00 Å². The second-order valence-corrected chi connectivity index (χ2v) is 5.57. The average molecular weight is 274 g/mol. The smallest absolute Gasteiger partial charge is 0.248 e. The average Bonchev–Trinajstić information content (AvgIpc) is 2.39. The van der Waals surface area contributed by atoms with Crippen LogP contribution in [0.2, 0.25) is 0 Å². The van der Waals surface area contributed by atoms with Gasteiger partial charge in [-0.05, 0) is 35.9 Å². The summed E-state index contributed by atoms with van der Waals surface area (Å²) in [7, 11) is -1.16. The number of hydrogen-bond donors (Lipinski definition) is 2. The van der Waals surface area contributed by atoms with Gasteiger partial charge in [-0.25, -0.2) is 0 Å². The zero-order chi connectivity index (χ0) is 13.8. The zero-order valence-corrected chi connectivity index (χ0v) is 11.0. The SMILES string of the molecule is NC(=O)c1ccc(CS(=O)c2cccc(N)c2)cc1. The van der Waals surface area contributed by atoms with Crippen LogP contribution < -0.4 is 11.5 Å². The minimum atomic E-state index is -1.16. The Morgan fingerprint density at radius 2 is 1.79 bits per heavy atom. The Kier molecular flexibility index (Phi) is 3.97. The van der Waals surface area contributed by atoms with Crippen molar-refractivity contribution >= 4 is 22.4 Å². The number of anilines is 1. The van der Waals surface area contributed by atoms with Gasteiger partial charge in [0, 0.05) is 16.1 Å². The largest absolute Gasteiger partial charge is 0.399 e. The Balaban J connectivity index is 2.13. The Morgan fingerprint density at radius 1 is 1.11 bits per heavy atom. The first-order valence-corrected chi connectivity index (χ1v) is 7.01. The molecular formula is C14H14N2O2S. The molecule has 4 nitrogen and oxygen atoms in total. The summed E-state index contributed by atoms with van der Waals surface area (Å²) in [5, 5.41) is 0. The van der Waals surface area contributed by atoms with Crippen LogP contribution in [-0.4, -0.2) is 10.1 Å². The lowest BCUT2D eigenvalue weighted by molar-refractivity contribution is 0.100. The van der Waals surface area contributed by atoms with Gasteiger partial charge < -0.3 is 11.5 Å². The van der Waals surface area contributed by atoms with E-state index in [-0.39, 0.29) is 0 Å². The Hall–Kier alpha value is -2.14. The maximum Gasteiger partial charge on any atom is 0.248 e. The van der Waals surface area contributed by atoms with Crippen molar-refractivity contribution in [2.75, 3.05) is 5.73 Å². The van der Waals surface area contributed by atoms with Crippen LogP contribution >= 0.6 is 0 Å². The van der Waals surface area contributed by atoms with Crippen LogP contribution in [0.3, 0.4) is 0 Å². The second-order valence-electron chi connectivity index (χ2n) is 4.12. The molecule has 1 unspecified atom stereocenters. The van der Waals surface area contributed by atoms with E-state index in [1.54, 1.807) is 48.5 Å². The van der Waals surface area contributed by atoms with E-state index in [4.69, 9.17) is 11.5 Å². The highest BCUT2D eigenvalue weighted by Crippen LogP contribution is 2.15. The highest BCUT2D eigenvalue weighted by atomic mass is 32.2. The van der Waals surface area contributed by atoms with Crippen LogP contribution in [0.4, 0.5) is 5.69 Å². The van der Waals surface area contributed by atoms with E-state index in [9.17, 15) is 9.00 Å². The van der Waals surface area contributed by atoms with Crippen molar-refractivity contribution in [3.8, 4) is 0 Å². The Labute approximate surface area is 113 Å². The van der Waals surface area contributed by atoms with Gasteiger partial charge in [0.15, 0.2) is 0 Å². The standard InChI is InChI=1S/C14H14N2O2S/c15-12-2-1-3-13(8-12)19(18)9-10-4-6-11(7-5-10)14(16)17/h1-8H,9,15H2,(H2,16,17). The molecule has 0 fully saturated rings. The molecule has 0 aromatic heterocycles. The van der Waals surface area contributed by atoms with Gasteiger partial charge in [-0.3, -0.25) is 9.00 Å². The van der Waals surface area contributed by atoms with Crippen molar-refractivity contribution in [1.82, 2.24) is 0 Å². The summed E-state index contributed by atoms with van der Waals surface area (Å²) in [4.78, 5) is 11.6. The fourth-order valence-electron chi connectivity index (χ4n) is 1.66. The monoisotopic (exact) mass is 274 g/mol. The molecule has 0 aliphatic rings. The summed E-state index contributed by atoms with van der Waals surface area (Å²) in [5.74, 6) is -0.0915. The van der Waals surface area contributed by atoms with E-state index < -0.39 is 16.7 Å². The normalized spacial score (nSPS) is 12.0. The van der Waals surface area contributed by atoms with E-state index in [2.05, 4.69) is 0 Å². The molecule has 98 valence electrons. The quantitative estimate of drug-likeness (QED) is 0.832. The van der Waals surface area contributed by atoms with Crippen molar-refractivity contribution in [3.63, 3.8) is 0 Å². The molecule has 19 heavy (non-hydrogen) atoms. The number of benzene rings is 2. The highest BCUT2D eigenvalue weighted by molar-refractivity contribution is 7.84.